The van der Waals surface area contributed by atoms with Crippen molar-refractivity contribution in [2.75, 3.05) is 5.32 Å². The van der Waals surface area contributed by atoms with Crippen LogP contribution < -0.4 is 5.32 Å². The molecule has 0 saturated heterocycles. The molecule has 7 heteroatoms. The van der Waals surface area contributed by atoms with Crippen LogP contribution in [0.4, 0.5) is 19.1 Å². The Hall–Kier alpha value is -2.31. The van der Waals surface area contributed by atoms with Crippen molar-refractivity contribution in [2.45, 2.75) is 6.18 Å². The number of halogens is 3. The molecule has 0 atom stereocenters. The Morgan fingerprint density at radius 1 is 1.26 bits per heavy atom. The second-order valence-electron chi connectivity index (χ2n) is 3.89. The van der Waals surface area contributed by atoms with Crippen LogP contribution in [0.15, 0.2) is 36.7 Å². The third kappa shape index (κ3) is 2.93. The van der Waals surface area contributed by atoms with Gasteiger partial charge in [0.2, 0.25) is 5.95 Å². The Kier molecular flexibility index (Phi) is 3.28. The van der Waals surface area contributed by atoms with E-state index in [-0.39, 0.29) is 5.56 Å². The van der Waals surface area contributed by atoms with E-state index in [1.54, 1.807) is 17.8 Å². The Bertz CT molecular complexity index is 587. The summed E-state index contributed by atoms with van der Waals surface area (Å²) >= 11 is 0. The van der Waals surface area contributed by atoms with Gasteiger partial charge in [-0.05, 0) is 24.3 Å². The van der Waals surface area contributed by atoms with Crippen LogP contribution in [0, 0.1) is 0 Å². The van der Waals surface area contributed by atoms with E-state index in [4.69, 9.17) is 0 Å². The van der Waals surface area contributed by atoms with Crippen molar-refractivity contribution in [3.63, 3.8) is 0 Å². The number of aryl methyl sites for hydroxylation is 1. The number of rotatable bonds is 2. The van der Waals surface area contributed by atoms with Gasteiger partial charge < -0.3 is 4.57 Å². The molecule has 0 aliphatic rings. The zero-order valence-corrected chi connectivity index (χ0v) is 9.90. The van der Waals surface area contributed by atoms with Crippen LogP contribution in [0.2, 0.25) is 0 Å². The summed E-state index contributed by atoms with van der Waals surface area (Å²) in [5.74, 6) is -0.187. The normalized spacial score (nSPS) is 11.4. The van der Waals surface area contributed by atoms with E-state index >= 15 is 0 Å². The molecule has 0 aliphatic carbocycles. The molecule has 2 aromatic rings. The fourth-order valence-corrected chi connectivity index (χ4v) is 1.47. The molecule has 0 saturated carbocycles. The van der Waals surface area contributed by atoms with Gasteiger partial charge >= 0.3 is 6.18 Å². The lowest BCUT2D eigenvalue weighted by molar-refractivity contribution is -0.137. The van der Waals surface area contributed by atoms with Gasteiger partial charge in [0.15, 0.2) is 0 Å². The lowest BCUT2D eigenvalue weighted by Gasteiger charge is -2.08. The summed E-state index contributed by atoms with van der Waals surface area (Å²) in [6.07, 6.45) is -1.26. The minimum Gasteiger partial charge on any atom is -0.320 e. The van der Waals surface area contributed by atoms with Crippen LogP contribution in [-0.2, 0) is 13.2 Å². The number of carbonyl (C=O) groups excluding carboxylic acids is 1. The molecular weight excluding hydrogens is 259 g/mol. The first kappa shape index (κ1) is 13.1. The first-order valence-electron chi connectivity index (χ1n) is 5.34. The Morgan fingerprint density at radius 3 is 2.37 bits per heavy atom. The number of hydrogen-bond donors (Lipinski definition) is 1. The smallest absolute Gasteiger partial charge is 0.320 e. The molecule has 19 heavy (non-hydrogen) atoms. The fourth-order valence-electron chi connectivity index (χ4n) is 1.47. The molecule has 0 radical (unpaired) electrons. The van der Waals surface area contributed by atoms with E-state index in [0.29, 0.717) is 5.95 Å². The van der Waals surface area contributed by atoms with E-state index in [0.717, 1.165) is 24.3 Å². The number of anilines is 1. The highest BCUT2D eigenvalue weighted by Crippen LogP contribution is 2.29. The topological polar surface area (TPSA) is 46.9 Å². The van der Waals surface area contributed by atoms with Crippen LogP contribution in [0.3, 0.4) is 0 Å². The van der Waals surface area contributed by atoms with Gasteiger partial charge in [-0.2, -0.15) is 13.2 Å². The molecule has 4 nitrogen and oxygen atoms in total. The summed E-state index contributed by atoms with van der Waals surface area (Å²) in [6.45, 7) is 0. The maximum atomic E-state index is 12.4. The summed E-state index contributed by atoms with van der Waals surface area (Å²) < 4.78 is 38.7. The molecular formula is C12H10F3N3O. The van der Waals surface area contributed by atoms with Gasteiger partial charge in [-0.1, -0.05) is 0 Å². The highest BCUT2D eigenvalue weighted by Gasteiger charge is 2.30. The highest BCUT2D eigenvalue weighted by molar-refractivity contribution is 6.03. The third-order valence-corrected chi connectivity index (χ3v) is 2.52. The number of hydrogen-bond acceptors (Lipinski definition) is 2. The van der Waals surface area contributed by atoms with Crippen molar-refractivity contribution < 1.29 is 18.0 Å². The number of alkyl halides is 3. The van der Waals surface area contributed by atoms with Crippen LogP contribution >= 0.6 is 0 Å². The van der Waals surface area contributed by atoms with Crippen LogP contribution in [-0.4, -0.2) is 15.5 Å². The summed E-state index contributed by atoms with van der Waals surface area (Å²) in [4.78, 5) is 15.7. The van der Waals surface area contributed by atoms with Gasteiger partial charge in [0.25, 0.3) is 5.91 Å². The van der Waals surface area contributed by atoms with E-state index in [2.05, 4.69) is 10.3 Å². The number of carbonyl (C=O) groups is 1. The number of imidazole rings is 1. The molecule has 2 rings (SSSR count). The number of aromatic nitrogens is 2. The van der Waals surface area contributed by atoms with Gasteiger partial charge in [0.1, 0.15) is 0 Å². The molecule has 1 aromatic carbocycles. The minimum atomic E-state index is -4.41. The minimum absolute atomic E-state index is 0.135. The number of nitrogens with zero attached hydrogens (tertiary/aromatic N) is 2. The molecule has 100 valence electrons. The first-order valence-corrected chi connectivity index (χ1v) is 5.34. The maximum absolute atomic E-state index is 12.4. The Morgan fingerprint density at radius 2 is 1.89 bits per heavy atom. The average molecular weight is 269 g/mol. The van der Waals surface area contributed by atoms with Gasteiger partial charge in [0, 0.05) is 25.0 Å². The molecule has 1 heterocycles. The molecule has 0 spiro atoms. The average Bonchev–Trinajstić information content (AvgIpc) is 2.74. The number of benzene rings is 1. The molecule has 0 bridgehead atoms. The second kappa shape index (κ2) is 4.75. The van der Waals surface area contributed by atoms with Crippen molar-refractivity contribution in [2.24, 2.45) is 7.05 Å². The predicted molar refractivity (Wildman–Crippen MR) is 62.6 cm³/mol. The molecule has 1 amide bonds. The third-order valence-electron chi connectivity index (χ3n) is 2.52. The quantitative estimate of drug-likeness (QED) is 0.911. The molecule has 0 fully saturated rings. The molecule has 1 aromatic heterocycles. The van der Waals surface area contributed by atoms with Crippen molar-refractivity contribution >= 4 is 11.9 Å². The van der Waals surface area contributed by atoms with Crippen molar-refractivity contribution in [1.82, 2.24) is 9.55 Å². The summed E-state index contributed by atoms with van der Waals surface area (Å²) in [7, 11) is 1.69. The largest absolute Gasteiger partial charge is 0.416 e. The lowest BCUT2D eigenvalue weighted by atomic mass is 10.1. The van der Waals surface area contributed by atoms with Crippen LogP contribution in [0.25, 0.3) is 0 Å². The van der Waals surface area contributed by atoms with E-state index < -0.39 is 17.6 Å². The standard InChI is InChI=1S/C12H10F3N3O/c1-18-7-6-16-11(18)17-10(19)8-2-4-9(5-3-8)12(13,14)15/h2-7H,1H3,(H,16,17,19). The van der Waals surface area contributed by atoms with Crippen molar-refractivity contribution in [1.29, 1.82) is 0 Å². The fraction of sp³-hybridized carbons (Fsp3) is 0.167. The summed E-state index contributed by atoms with van der Waals surface area (Å²) in [6, 6.07) is 3.99. The van der Waals surface area contributed by atoms with Gasteiger partial charge in [0.05, 0.1) is 5.56 Å². The molecule has 1 N–H and O–H groups in total. The number of nitrogens with one attached hydrogen (secondary N) is 1. The zero-order valence-electron chi connectivity index (χ0n) is 9.90. The Balaban J connectivity index is 2.14. The second-order valence-corrected chi connectivity index (χ2v) is 3.89. The van der Waals surface area contributed by atoms with Crippen LogP contribution in [0.5, 0.6) is 0 Å². The predicted octanol–water partition coefficient (Wildman–Crippen LogP) is 2.69. The summed E-state index contributed by atoms with van der Waals surface area (Å²) in [5.41, 5.74) is -0.656. The first-order chi connectivity index (χ1) is 8.88. The number of amides is 1. The van der Waals surface area contributed by atoms with E-state index in [1.807, 2.05) is 0 Å². The van der Waals surface area contributed by atoms with E-state index in [9.17, 15) is 18.0 Å². The highest BCUT2D eigenvalue weighted by atomic mass is 19.4. The SMILES string of the molecule is Cn1ccnc1NC(=O)c1ccc(C(F)(F)F)cc1. The molecule has 0 unspecified atom stereocenters. The zero-order chi connectivity index (χ0) is 14.0. The summed E-state index contributed by atoms with van der Waals surface area (Å²) in [5, 5.41) is 2.50. The van der Waals surface area contributed by atoms with Crippen LogP contribution in [0.1, 0.15) is 15.9 Å². The van der Waals surface area contributed by atoms with Crippen molar-refractivity contribution in [3.8, 4) is 0 Å². The maximum Gasteiger partial charge on any atom is 0.416 e. The monoisotopic (exact) mass is 269 g/mol. The lowest BCUT2D eigenvalue weighted by Crippen LogP contribution is -2.15. The van der Waals surface area contributed by atoms with Crippen molar-refractivity contribution in [3.05, 3.63) is 47.8 Å². The van der Waals surface area contributed by atoms with Gasteiger partial charge in [-0.25, -0.2) is 4.98 Å². The Labute approximate surface area is 106 Å². The van der Waals surface area contributed by atoms with Gasteiger partial charge in [-0.15, -0.1) is 0 Å². The van der Waals surface area contributed by atoms with E-state index in [1.165, 1.54) is 6.20 Å². The van der Waals surface area contributed by atoms with Gasteiger partial charge in [-0.3, -0.25) is 10.1 Å². The molecule has 0 aliphatic heterocycles.